The second kappa shape index (κ2) is 9.84. The molecule has 12 heteroatoms. The van der Waals surface area contributed by atoms with Gasteiger partial charge in [-0.3, -0.25) is 19.7 Å². The maximum Gasteiger partial charge on any atom is 0.271 e. The third kappa shape index (κ3) is 5.50. The average molecular weight is 574 g/mol. The Kier molecular flexibility index (Phi) is 7.18. The first kappa shape index (κ1) is 25.5. The lowest BCUT2D eigenvalue weighted by Crippen LogP contribution is -2.18. The Balaban J connectivity index is 1.51. The van der Waals surface area contributed by atoms with Crippen LogP contribution in [0.3, 0.4) is 0 Å². The normalized spacial score (nSPS) is 18.0. The van der Waals surface area contributed by atoms with Crippen molar-refractivity contribution in [2.75, 3.05) is 10.6 Å². The number of rotatable bonds is 6. The smallest absolute Gasteiger partial charge is 0.271 e. The van der Waals surface area contributed by atoms with E-state index in [0.29, 0.717) is 15.6 Å². The maximum atomic E-state index is 13.0. The number of nitro benzene ring substituents is 1. The van der Waals surface area contributed by atoms with Crippen molar-refractivity contribution in [1.29, 1.82) is 0 Å². The number of nitrogens with one attached hydrogen (secondary N) is 2. The molecule has 2 unspecified atom stereocenters. The van der Waals surface area contributed by atoms with Crippen LogP contribution in [0.15, 0.2) is 60.7 Å². The molecule has 3 aromatic rings. The largest absolute Gasteiger partial charge is 0.326 e. The van der Waals surface area contributed by atoms with Gasteiger partial charge in [0, 0.05) is 39.5 Å². The number of nitro groups is 1. The van der Waals surface area contributed by atoms with E-state index in [1.54, 1.807) is 18.2 Å². The van der Waals surface area contributed by atoms with Crippen LogP contribution in [0.5, 0.6) is 0 Å². The van der Waals surface area contributed by atoms with E-state index in [-0.39, 0.29) is 27.6 Å². The van der Waals surface area contributed by atoms with Crippen LogP contribution in [0.25, 0.3) is 0 Å². The van der Waals surface area contributed by atoms with Gasteiger partial charge in [-0.1, -0.05) is 40.9 Å². The fraction of sp³-hybridized carbons (Fsp3) is 0.130. The molecule has 0 aliphatic heterocycles. The van der Waals surface area contributed by atoms with Gasteiger partial charge < -0.3 is 10.6 Å². The first-order valence-corrected chi connectivity index (χ1v) is 11.9. The summed E-state index contributed by atoms with van der Waals surface area (Å²) in [6, 6.07) is 14.6. The Morgan fingerprint density at radius 1 is 0.886 bits per heavy atom. The number of hydrogen-bond acceptors (Lipinski definition) is 4. The first-order valence-electron chi connectivity index (χ1n) is 9.97. The highest BCUT2D eigenvalue weighted by Crippen LogP contribution is 2.65. The monoisotopic (exact) mass is 571 g/mol. The molecule has 1 aliphatic carbocycles. The highest BCUT2D eigenvalue weighted by molar-refractivity contribution is 6.53. The van der Waals surface area contributed by atoms with Gasteiger partial charge in [0.25, 0.3) is 11.6 Å². The van der Waals surface area contributed by atoms with Crippen LogP contribution in [0.1, 0.15) is 21.8 Å². The number of halogens is 5. The Bertz CT molecular complexity index is 1340. The van der Waals surface area contributed by atoms with E-state index in [4.69, 9.17) is 58.0 Å². The van der Waals surface area contributed by atoms with E-state index >= 15 is 0 Å². The summed E-state index contributed by atoms with van der Waals surface area (Å²) in [5.74, 6) is -2.42. The van der Waals surface area contributed by atoms with Crippen molar-refractivity contribution in [3.63, 3.8) is 0 Å². The van der Waals surface area contributed by atoms with Crippen LogP contribution in [-0.2, 0) is 4.79 Å². The SMILES string of the molecule is O=C(Nc1cccc([N+](=O)[O-])c1)c1cc(NC(=O)C2C(c3cc(Cl)cc(Cl)c3)C2(Cl)Cl)ccc1Cl. The minimum Gasteiger partial charge on any atom is -0.326 e. The maximum absolute atomic E-state index is 13.0. The van der Waals surface area contributed by atoms with Crippen LogP contribution in [-0.4, -0.2) is 21.1 Å². The standard InChI is InChI=1S/C23H14Cl5N3O4/c24-12-6-11(7-13(25)8-12)19-20(23(19,27)28)22(33)30-15-4-5-18(26)17(10-15)21(32)29-14-2-1-3-16(9-14)31(34)35/h1-10,19-20H,(H,29,32)(H,30,33). The molecule has 2 atom stereocenters. The van der Waals surface area contributed by atoms with Gasteiger partial charge in [0.05, 0.1) is 21.4 Å². The van der Waals surface area contributed by atoms with Gasteiger partial charge in [0.1, 0.15) is 4.33 Å². The van der Waals surface area contributed by atoms with E-state index < -0.39 is 32.9 Å². The minimum absolute atomic E-state index is 0.0490. The zero-order valence-corrected chi connectivity index (χ0v) is 21.2. The zero-order valence-electron chi connectivity index (χ0n) is 17.4. The third-order valence-electron chi connectivity index (χ3n) is 5.37. The Morgan fingerprint density at radius 3 is 2.20 bits per heavy atom. The number of amides is 2. The molecule has 0 bridgehead atoms. The summed E-state index contributed by atoms with van der Waals surface area (Å²) in [7, 11) is 0. The highest BCUT2D eigenvalue weighted by atomic mass is 35.5. The second-order valence-electron chi connectivity index (χ2n) is 7.78. The van der Waals surface area contributed by atoms with E-state index in [0.717, 1.165) is 0 Å². The Labute approximate surface area is 224 Å². The summed E-state index contributed by atoms with van der Waals surface area (Å²) < 4.78 is -1.37. The van der Waals surface area contributed by atoms with Crippen molar-refractivity contribution in [2.24, 2.45) is 5.92 Å². The van der Waals surface area contributed by atoms with Crippen LogP contribution in [0.4, 0.5) is 17.1 Å². The number of carbonyl (C=O) groups excluding carboxylic acids is 2. The molecular weight excluding hydrogens is 560 g/mol. The molecule has 0 radical (unpaired) electrons. The minimum atomic E-state index is -1.37. The van der Waals surface area contributed by atoms with E-state index in [9.17, 15) is 19.7 Å². The third-order valence-corrected chi connectivity index (χ3v) is 7.08. The second-order valence-corrected chi connectivity index (χ2v) is 10.5. The first-order chi connectivity index (χ1) is 16.5. The molecule has 2 N–H and O–H groups in total. The molecule has 1 fully saturated rings. The fourth-order valence-electron chi connectivity index (χ4n) is 3.72. The zero-order chi connectivity index (χ0) is 25.5. The molecule has 3 aromatic carbocycles. The predicted molar refractivity (Wildman–Crippen MR) is 138 cm³/mol. The van der Waals surface area contributed by atoms with Crippen molar-refractivity contribution in [3.05, 3.63) is 97.0 Å². The van der Waals surface area contributed by atoms with Crippen LogP contribution in [0, 0.1) is 16.0 Å². The van der Waals surface area contributed by atoms with Crippen LogP contribution >= 0.6 is 58.0 Å². The van der Waals surface area contributed by atoms with E-state index in [2.05, 4.69) is 10.6 Å². The van der Waals surface area contributed by atoms with Crippen molar-refractivity contribution < 1.29 is 14.5 Å². The quantitative estimate of drug-likeness (QED) is 0.183. The van der Waals surface area contributed by atoms with E-state index in [1.165, 1.54) is 42.5 Å². The summed E-state index contributed by atoms with van der Waals surface area (Å²) in [6.45, 7) is 0. The van der Waals surface area contributed by atoms with Crippen LogP contribution < -0.4 is 10.6 Å². The molecule has 0 spiro atoms. The molecule has 1 saturated carbocycles. The molecule has 35 heavy (non-hydrogen) atoms. The molecule has 180 valence electrons. The molecule has 0 heterocycles. The molecular formula is C23H14Cl5N3O4. The molecule has 0 saturated heterocycles. The van der Waals surface area contributed by atoms with Crippen molar-refractivity contribution in [3.8, 4) is 0 Å². The summed E-state index contributed by atoms with van der Waals surface area (Å²) >= 11 is 31.1. The number of hydrogen-bond donors (Lipinski definition) is 2. The van der Waals surface area contributed by atoms with Gasteiger partial charge in [0.2, 0.25) is 5.91 Å². The summed E-state index contributed by atoms with van der Waals surface area (Å²) in [4.78, 5) is 36.1. The Hall–Kier alpha value is -2.55. The number of anilines is 2. The summed E-state index contributed by atoms with van der Waals surface area (Å²) in [6.07, 6.45) is 0. The number of non-ortho nitro benzene ring substituents is 1. The fourth-order valence-corrected chi connectivity index (χ4v) is 5.29. The predicted octanol–water partition coefficient (Wildman–Crippen LogP) is 7.33. The number of carbonyl (C=O) groups is 2. The lowest BCUT2D eigenvalue weighted by Gasteiger charge is -2.10. The summed E-state index contributed by atoms with van der Waals surface area (Å²) in [5, 5.41) is 17.1. The molecule has 7 nitrogen and oxygen atoms in total. The van der Waals surface area contributed by atoms with Gasteiger partial charge in [-0.15, -0.1) is 23.2 Å². The van der Waals surface area contributed by atoms with Crippen molar-refractivity contribution in [2.45, 2.75) is 10.3 Å². The highest BCUT2D eigenvalue weighted by Gasteiger charge is 2.67. The number of alkyl halides is 2. The van der Waals surface area contributed by atoms with Gasteiger partial charge in [-0.2, -0.15) is 0 Å². The molecule has 0 aromatic heterocycles. The van der Waals surface area contributed by atoms with Crippen molar-refractivity contribution in [1.82, 2.24) is 0 Å². The molecule has 4 rings (SSSR count). The lowest BCUT2D eigenvalue weighted by molar-refractivity contribution is -0.384. The van der Waals surface area contributed by atoms with Crippen LogP contribution in [0.2, 0.25) is 15.1 Å². The van der Waals surface area contributed by atoms with Gasteiger partial charge in [-0.25, -0.2) is 0 Å². The lowest BCUT2D eigenvalue weighted by atomic mass is 10.1. The van der Waals surface area contributed by atoms with Gasteiger partial charge >= 0.3 is 0 Å². The van der Waals surface area contributed by atoms with Gasteiger partial charge in [0.15, 0.2) is 0 Å². The molecule has 1 aliphatic rings. The van der Waals surface area contributed by atoms with E-state index in [1.807, 2.05) is 0 Å². The molecule has 2 amide bonds. The topological polar surface area (TPSA) is 101 Å². The average Bonchev–Trinajstić information content (AvgIpc) is 3.36. The number of nitrogens with zero attached hydrogens (tertiary/aromatic N) is 1. The summed E-state index contributed by atoms with van der Waals surface area (Å²) in [5.41, 5.74) is 0.988. The number of benzene rings is 3. The Morgan fingerprint density at radius 2 is 1.54 bits per heavy atom. The van der Waals surface area contributed by atoms with Crippen molar-refractivity contribution >= 4 is 86.9 Å². The van der Waals surface area contributed by atoms with Gasteiger partial charge in [-0.05, 0) is 48.0 Å².